The van der Waals surface area contributed by atoms with Crippen molar-refractivity contribution in [1.82, 2.24) is 4.98 Å². The first-order chi connectivity index (χ1) is 8.50. The highest BCUT2D eigenvalue weighted by atomic mass is 79.9. The molecule has 92 valence electrons. The standard InChI is InChI=1S/C12H5Br2F2NO/c13-6-4-8(14)11(17-5-6)12(18)7-2-1-3-9(15)10(7)16/h1-5H. The summed E-state index contributed by atoms with van der Waals surface area (Å²) < 4.78 is 27.6. The van der Waals surface area contributed by atoms with E-state index in [-0.39, 0.29) is 11.3 Å². The highest BCUT2D eigenvalue weighted by molar-refractivity contribution is 9.11. The van der Waals surface area contributed by atoms with Crippen LogP contribution in [0.2, 0.25) is 0 Å². The molecule has 2 nitrogen and oxygen atoms in total. The molecule has 6 heteroatoms. The number of ketones is 1. The summed E-state index contributed by atoms with van der Waals surface area (Å²) in [5, 5.41) is 0. The molecule has 2 aromatic rings. The summed E-state index contributed by atoms with van der Waals surface area (Å²) in [7, 11) is 0. The number of hydrogen-bond acceptors (Lipinski definition) is 2. The fourth-order valence-electron chi connectivity index (χ4n) is 1.39. The third kappa shape index (κ3) is 2.49. The second-order valence-corrected chi connectivity index (χ2v) is 5.18. The summed E-state index contributed by atoms with van der Waals surface area (Å²) >= 11 is 6.35. The largest absolute Gasteiger partial charge is 0.287 e. The maximum Gasteiger partial charge on any atom is 0.215 e. The molecule has 0 spiro atoms. The summed E-state index contributed by atoms with van der Waals surface area (Å²) in [4.78, 5) is 15.9. The summed E-state index contributed by atoms with van der Waals surface area (Å²) in [6, 6.07) is 5.06. The number of carbonyl (C=O) groups excluding carboxylic acids is 1. The van der Waals surface area contributed by atoms with Crippen molar-refractivity contribution in [1.29, 1.82) is 0 Å². The molecule has 1 heterocycles. The van der Waals surface area contributed by atoms with Crippen molar-refractivity contribution >= 4 is 37.6 Å². The lowest BCUT2D eigenvalue weighted by Gasteiger charge is -2.05. The van der Waals surface area contributed by atoms with Crippen LogP contribution in [-0.2, 0) is 0 Å². The Morgan fingerprint density at radius 3 is 2.61 bits per heavy atom. The van der Waals surface area contributed by atoms with E-state index >= 15 is 0 Å². The van der Waals surface area contributed by atoms with Gasteiger partial charge in [0, 0.05) is 15.1 Å². The van der Waals surface area contributed by atoms with Crippen LogP contribution in [0.15, 0.2) is 39.4 Å². The molecule has 0 fully saturated rings. The zero-order valence-corrected chi connectivity index (χ0v) is 11.9. The zero-order valence-electron chi connectivity index (χ0n) is 8.75. The van der Waals surface area contributed by atoms with Gasteiger partial charge in [0.25, 0.3) is 0 Å². The number of carbonyl (C=O) groups is 1. The molecule has 0 aliphatic rings. The Morgan fingerprint density at radius 1 is 1.22 bits per heavy atom. The van der Waals surface area contributed by atoms with Gasteiger partial charge in [-0.1, -0.05) is 6.07 Å². The van der Waals surface area contributed by atoms with Crippen molar-refractivity contribution in [2.24, 2.45) is 0 Å². The van der Waals surface area contributed by atoms with Crippen LogP contribution < -0.4 is 0 Å². The Kier molecular flexibility index (Phi) is 3.87. The fourth-order valence-corrected chi connectivity index (χ4v) is 2.56. The minimum Gasteiger partial charge on any atom is -0.287 e. The number of aromatic nitrogens is 1. The first kappa shape index (κ1) is 13.3. The van der Waals surface area contributed by atoms with Gasteiger partial charge in [-0.25, -0.2) is 8.78 Å². The second-order valence-electron chi connectivity index (χ2n) is 3.41. The number of pyridine rings is 1. The summed E-state index contributed by atoms with van der Waals surface area (Å²) in [5.41, 5.74) is -0.312. The molecule has 18 heavy (non-hydrogen) atoms. The molecule has 0 aliphatic heterocycles. The van der Waals surface area contributed by atoms with Gasteiger partial charge in [-0.2, -0.15) is 0 Å². The number of rotatable bonds is 2. The summed E-state index contributed by atoms with van der Waals surface area (Å²) in [6.07, 6.45) is 1.41. The van der Waals surface area contributed by atoms with Crippen molar-refractivity contribution < 1.29 is 13.6 Å². The Hall–Kier alpha value is -1.14. The first-order valence-corrected chi connectivity index (χ1v) is 6.39. The average Bonchev–Trinajstić information content (AvgIpc) is 2.32. The highest BCUT2D eigenvalue weighted by Crippen LogP contribution is 2.23. The van der Waals surface area contributed by atoms with Crippen LogP contribution >= 0.6 is 31.9 Å². The maximum absolute atomic E-state index is 13.5. The molecule has 0 radical (unpaired) electrons. The van der Waals surface area contributed by atoms with Gasteiger partial charge < -0.3 is 0 Å². The van der Waals surface area contributed by atoms with E-state index < -0.39 is 17.4 Å². The van der Waals surface area contributed by atoms with Crippen LogP contribution in [0.3, 0.4) is 0 Å². The Labute approximate surface area is 118 Å². The van der Waals surface area contributed by atoms with Crippen LogP contribution in [0.4, 0.5) is 8.78 Å². The van der Waals surface area contributed by atoms with Gasteiger partial charge in [0.15, 0.2) is 11.6 Å². The summed E-state index contributed by atoms with van der Waals surface area (Å²) in [5.74, 6) is -2.90. The molecule has 0 saturated heterocycles. The fraction of sp³-hybridized carbons (Fsp3) is 0. The zero-order chi connectivity index (χ0) is 13.3. The molecular weight excluding hydrogens is 372 g/mol. The maximum atomic E-state index is 13.5. The van der Waals surface area contributed by atoms with E-state index in [0.717, 1.165) is 6.07 Å². The summed E-state index contributed by atoms with van der Waals surface area (Å²) in [6.45, 7) is 0. The minimum absolute atomic E-state index is 0.0303. The Morgan fingerprint density at radius 2 is 1.94 bits per heavy atom. The van der Waals surface area contributed by atoms with Gasteiger partial charge in [0.2, 0.25) is 5.78 Å². The molecule has 2 rings (SSSR count). The third-order valence-electron chi connectivity index (χ3n) is 2.22. The normalized spacial score (nSPS) is 10.4. The van der Waals surface area contributed by atoms with Gasteiger partial charge >= 0.3 is 0 Å². The Balaban J connectivity index is 2.51. The van der Waals surface area contributed by atoms with E-state index in [1.807, 2.05) is 0 Å². The molecule has 0 aliphatic carbocycles. The first-order valence-electron chi connectivity index (χ1n) is 4.80. The van der Waals surface area contributed by atoms with Gasteiger partial charge in [-0.15, -0.1) is 0 Å². The van der Waals surface area contributed by atoms with Gasteiger partial charge in [0.1, 0.15) is 5.69 Å². The molecule has 0 saturated carbocycles. The topological polar surface area (TPSA) is 30.0 Å². The van der Waals surface area contributed by atoms with Gasteiger partial charge in [-0.3, -0.25) is 9.78 Å². The van der Waals surface area contributed by atoms with Crippen molar-refractivity contribution in [3.63, 3.8) is 0 Å². The van der Waals surface area contributed by atoms with Crippen LogP contribution in [-0.4, -0.2) is 10.8 Å². The lowest BCUT2D eigenvalue weighted by atomic mass is 10.1. The van der Waals surface area contributed by atoms with Crippen LogP contribution in [0.1, 0.15) is 16.1 Å². The molecule has 0 bridgehead atoms. The molecule has 1 aromatic carbocycles. The molecule has 0 N–H and O–H groups in total. The van der Waals surface area contributed by atoms with E-state index in [0.29, 0.717) is 8.95 Å². The van der Waals surface area contributed by atoms with Crippen molar-refractivity contribution in [2.75, 3.05) is 0 Å². The van der Waals surface area contributed by atoms with E-state index in [4.69, 9.17) is 0 Å². The number of nitrogens with zero attached hydrogens (tertiary/aromatic N) is 1. The van der Waals surface area contributed by atoms with Crippen LogP contribution in [0, 0.1) is 11.6 Å². The molecule has 0 unspecified atom stereocenters. The monoisotopic (exact) mass is 375 g/mol. The van der Waals surface area contributed by atoms with E-state index in [2.05, 4.69) is 36.8 Å². The van der Waals surface area contributed by atoms with Crippen molar-refractivity contribution in [3.8, 4) is 0 Å². The van der Waals surface area contributed by atoms with E-state index in [9.17, 15) is 13.6 Å². The lowest BCUT2D eigenvalue weighted by molar-refractivity contribution is 0.102. The molecule has 0 atom stereocenters. The smallest absolute Gasteiger partial charge is 0.215 e. The van der Waals surface area contributed by atoms with Crippen LogP contribution in [0.25, 0.3) is 0 Å². The van der Waals surface area contributed by atoms with E-state index in [1.54, 1.807) is 6.07 Å². The predicted molar refractivity (Wildman–Crippen MR) is 69.4 cm³/mol. The van der Waals surface area contributed by atoms with Gasteiger partial charge in [-0.05, 0) is 50.1 Å². The SMILES string of the molecule is O=C(c1cccc(F)c1F)c1ncc(Br)cc1Br. The van der Waals surface area contributed by atoms with Gasteiger partial charge in [0.05, 0.1) is 5.56 Å². The number of halogens is 4. The molecule has 0 amide bonds. The number of hydrogen-bond donors (Lipinski definition) is 0. The average molecular weight is 377 g/mol. The van der Waals surface area contributed by atoms with Crippen molar-refractivity contribution in [3.05, 3.63) is 62.3 Å². The van der Waals surface area contributed by atoms with Crippen molar-refractivity contribution in [2.45, 2.75) is 0 Å². The third-order valence-corrected chi connectivity index (χ3v) is 3.26. The molecular formula is C12H5Br2F2NO. The quantitative estimate of drug-likeness (QED) is 0.738. The van der Waals surface area contributed by atoms with E-state index in [1.165, 1.54) is 18.3 Å². The predicted octanol–water partition coefficient (Wildman–Crippen LogP) is 4.12. The highest BCUT2D eigenvalue weighted by Gasteiger charge is 2.20. The minimum atomic E-state index is -1.17. The lowest BCUT2D eigenvalue weighted by Crippen LogP contribution is -2.08. The Bertz CT molecular complexity index is 631. The number of benzene rings is 1. The second kappa shape index (κ2) is 5.24. The molecule has 1 aromatic heterocycles. The van der Waals surface area contributed by atoms with Crippen LogP contribution in [0.5, 0.6) is 0 Å².